The van der Waals surface area contributed by atoms with Crippen LogP contribution in [0.4, 0.5) is 5.69 Å². The number of para-hydroxylation sites is 1. The van der Waals surface area contributed by atoms with Crippen LogP contribution in [-0.2, 0) is 19.7 Å². The number of ether oxygens (including phenoxy) is 2. The average molecular weight is 354 g/mol. The number of carbonyl (C=O) groups excluding carboxylic acids is 1. The van der Waals surface area contributed by atoms with Crippen molar-refractivity contribution in [3.05, 3.63) is 41.1 Å². The first-order valence-electron chi connectivity index (χ1n) is 9.59. The molecule has 0 aromatic heterocycles. The molecule has 2 bridgehead atoms. The van der Waals surface area contributed by atoms with Crippen molar-refractivity contribution in [3.8, 4) is 0 Å². The minimum atomic E-state index is -0.184. The minimum Gasteiger partial charge on any atom is -0.466 e. The Hall–Kier alpha value is -1.85. The van der Waals surface area contributed by atoms with Crippen LogP contribution in [0.25, 0.3) is 0 Å². The maximum atomic E-state index is 12.9. The number of benzene rings is 1. The van der Waals surface area contributed by atoms with Crippen molar-refractivity contribution in [2.45, 2.75) is 37.3 Å². The molecule has 1 aliphatic carbocycles. The third kappa shape index (κ3) is 1.80. The molecule has 1 N–H and O–H groups in total. The van der Waals surface area contributed by atoms with Gasteiger partial charge in [0.15, 0.2) is 0 Å². The molecule has 2 saturated heterocycles. The Kier molecular flexibility index (Phi) is 3.50. The first-order chi connectivity index (χ1) is 12.6. The summed E-state index contributed by atoms with van der Waals surface area (Å²) in [6, 6.07) is 8.91. The van der Waals surface area contributed by atoms with Gasteiger partial charge in [-0.15, -0.1) is 0 Å². The number of anilines is 1. The summed E-state index contributed by atoms with van der Waals surface area (Å²) < 4.78 is 11.1. The molecular weight excluding hydrogens is 328 g/mol. The van der Waals surface area contributed by atoms with Crippen LogP contribution in [0.2, 0.25) is 0 Å². The van der Waals surface area contributed by atoms with Crippen molar-refractivity contribution in [3.63, 3.8) is 0 Å². The summed E-state index contributed by atoms with van der Waals surface area (Å²) in [6.07, 6.45) is 2.12. The van der Waals surface area contributed by atoms with Crippen molar-refractivity contribution >= 4 is 11.7 Å². The molecular formula is C21H26N2O3. The maximum Gasteiger partial charge on any atom is 0.335 e. The van der Waals surface area contributed by atoms with Gasteiger partial charge in [0.05, 0.1) is 24.2 Å². The number of rotatable bonds is 3. The van der Waals surface area contributed by atoms with E-state index in [1.54, 1.807) is 7.11 Å². The van der Waals surface area contributed by atoms with Crippen LogP contribution >= 0.6 is 0 Å². The quantitative estimate of drug-likeness (QED) is 0.846. The van der Waals surface area contributed by atoms with E-state index >= 15 is 0 Å². The number of hydrogen-bond acceptors (Lipinski definition) is 5. The van der Waals surface area contributed by atoms with Gasteiger partial charge in [0.2, 0.25) is 0 Å². The summed E-state index contributed by atoms with van der Waals surface area (Å²) in [5.74, 6) is 0.292. The van der Waals surface area contributed by atoms with Gasteiger partial charge in [0.1, 0.15) is 0 Å². The third-order valence-electron chi connectivity index (χ3n) is 7.32. The Morgan fingerprint density at radius 2 is 2.12 bits per heavy atom. The molecule has 4 aliphatic rings. The van der Waals surface area contributed by atoms with Gasteiger partial charge in [-0.1, -0.05) is 18.2 Å². The summed E-state index contributed by atoms with van der Waals surface area (Å²) in [7, 11) is 3.28. The summed E-state index contributed by atoms with van der Waals surface area (Å²) in [5.41, 5.74) is 4.28. The number of nitrogens with zero attached hydrogens (tertiary/aromatic N) is 1. The Labute approximate surface area is 154 Å². The molecule has 5 atom stereocenters. The number of fused-ring (bicyclic) bond motifs is 2. The van der Waals surface area contributed by atoms with E-state index in [1.807, 2.05) is 0 Å². The normalized spacial score (nSPS) is 35.6. The zero-order valence-corrected chi connectivity index (χ0v) is 15.6. The van der Waals surface area contributed by atoms with Gasteiger partial charge in [-0.25, -0.2) is 4.79 Å². The lowest BCUT2D eigenvalue weighted by Gasteiger charge is -2.54. The highest BCUT2D eigenvalue weighted by molar-refractivity contribution is 5.93. The van der Waals surface area contributed by atoms with Crippen molar-refractivity contribution in [1.82, 2.24) is 4.90 Å². The first kappa shape index (κ1) is 16.3. The number of carbonyl (C=O) groups is 1. The topological polar surface area (TPSA) is 50.8 Å². The monoisotopic (exact) mass is 354 g/mol. The van der Waals surface area contributed by atoms with Crippen LogP contribution in [0, 0.1) is 11.8 Å². The van der Waals surface area contributed by atoms with Gasteiger partial charge in [0, 0.05) is 36.4 Å². The molecule has 2 fully saturated rings. The SMILES string of the molecule is COC(=O)C1=C2Nc3ccccc3[C@]23CCN2CC[C@H]1[C@@H]([C@H](C)OC)[C@@H]23. The maximum absolute atomic E-state index is 12.9. The van der Waals surface area contributed by atoms with Gasteiger partial charge < -0.3 is 14.8 Å². The van der Waals surface area contributed by atoms with Crippen LogP contribution in [0.5, 0.6) is 0 Å². The van der Waals surface area contributed by atoms with Gasteiger partial charge in [-0.3, -0.25) is 4.90 Å². The molecule has 3 heterocycles. The van der Waals surface area contributed by atoms with Crippen molar-refractivity contribution in [2.24, 2.45) is 11.8 Å². The summed E-state index contributed by atoms with van der Waals surface area (Å²) in [5, 5.41) is 3.64. The molecule has 5 nitrogen and oxygen atoms in total. The largest absolute Gasteiger partial charge is 0.466 e. The van der Waals surface area contributed by atoms with Crippen molar-refractivity contribution in [1.29, 1.82) is 0 Å². The summed E-state index contributed by atoms with van der Waals surface area (Å²) >= 11 is 0. The second kappa shape index (κ2) is 5.57. The van der Waals surface area contributed by atoms with Crippen LogP contribution in [0.1, 0.15) is 25.3 Å². The lowest BCUT2D eigenvalue weighted by atomic mass is 9.57. The molecule has 1 aromatic carbocycles. The van der Waals surface area contributed by atoms with E-state index in [1.165, 1.54) is 12.7 Å². The molecule has 1 aromatic rings. The highest BCUT2D eigenvalue weighted by atomic mass is 16.5. The number of esters is 1. The van der Waals surface area contributed by atoms with Crippen LogP contribution < -0.4 is 5.32 Å². The van der Waals surface area contributed by atoms with E-state index < -0.39 is 0 Å². The van der Waals surface area contributed by atoms with Gasteiger partial charge in [0.25, 0.3) is 0 Å². The highest BCUT2D eigenvalue weighted by Gasteiger charge is 2.65. The van der Waals surface area contributed by atoms with Crippen molar-refractivity contribution in [2.75, 3.05) is 32.6 Å². The van der Waals surface area contributed by atoms with E-state index in [0.29, 0.717) is 12.0 Å². The molecule has 5 heteroatoms. The average Bonchev–Trinajstić information content (AvgIpc) is 3.23. The zero-order chi connectivity index (χ0) is 18.1. The molecule has 0 radical (unpaired) electrons. The van der Waals surface area contributed by atoms with Crippen LogP contribution in [-0.4, -0.2) is 50.3 Å². The fourth-order valence-electron chi connectivity index (χ4n) is 6.32. The van der Waals surface area contributed by atoms with Crippen LogP contribution in [0.15, 0.2) is 35.5 Å². The van der Waals surface area contributed by atoms with Crippen molar-refractivity contribution < 1.29 is 14.3 Å². The predicted molar refractivity (Wildman–Crippen MR) is 98.8 cm³/mol. The van der Waals surface area contributed by atoms with Gasteiger partial charge in [-0.05, 0) is 44.5 Å². The number of hydrogen-bond donors (Lipinski definition) is 1. The van der Waals surface area contributed by atoms with E-state index in [9.17, 15) is 4.79 Å². The summed E-state index contributed by atoms with van der Waals surface area (Å²) in [6.45, 7) is 4.26. The smallest absolute Gasteiger partial charge is 0.335 e. The van der Waals surface area contributed by atoms with Crippen LogP contribution in [0.3, 0.4) is 0 Å². The number of methoxy groups -OCH3 is 2. The Morgan fingerprint density at radius 1 is 1.31 bits per heavy atom. The molecule has 26 heavy (non-hydrogen) atoms. The lowest BCUT2D eigenvalue weighted by molar-refractivity contribution is -0.138. The standard InChI is InChI=1S/C21H26N2O3/c1-12(25-2)16-13-8-10-23-11-9-21(19(16)23)14-6-4-5-7-15(14)22-18(21)17(13)20(24)26-3/h4-7,12-13,16,19,22H,8-11H2,1-3H3/t12-,13-,16+,19+,21+/m0/s1. The molecule has 5 rings (SSSR count). The second-order valence-corrected chi connectivity index (χ2v) is 8.07. The molecule has 138 valence electrons. The fraction of sp³-hybridized carbons (Fsp3) is 0.571. The van der Waals surface area contributed by atoms with E-state index in [4.69, 9.17) is 9.47 Å². The molecule has 1 spiro atoms. The van der Waals surface area contributed by atoms with Gasteiger partial charge >= 0.3 is 5.97 Å². The highest BCUT2D eigenvalue weighted by Crippen LogP contribution is 2.62. The van der Waals surface area contributed by atoms with E-state index in [2.05, 4.69) is 41.4 Å². The Morgan fingerprint density at radius 3 is 2.88 bits per heavy atom. The molecule has 0 saturated carbocycles. The third-order valence-corrected chi connectivity index (χ3v) is 7.32. The second-order valence-electron chi connectivity index (χ2n) is 8.07. The molecule has 3 aliphatic heterocycles. The summed E-state index contributed by atoms with van der Waals surface area (Å²) in [4.78, 5) is 15.5. The molecule has 0 unspecified atom stereocenters. The molecule has 0 amide bonds. The number of nitrogens with one attached hydrogen (secondary N) is 1. The first-order valence-corrected chi connectivity index (χ1v) is 9.59. The Balaban J connectivity index is 1.81. The Bertz CT molecular complexity index is 804. The minimum absolute atomic E-state index is 0.0942. The fourth-order valence-corrected chi connectivity index (χ4v) is 6.32. The van der Waals surface area contributed by atoms with E-state index in [-0.39, 0.29) is 23.4 Å². The van der Waals surface area contributed by atoms with Gasteiger partial charge in [-0.2, -0.15) is 0 Å². The zero-order valence-electron chi connectivity index (χ0n) is 15.6. The lowest BCUT2D eigenvalue weighted by Crippen LogP contribution is -2.61. The number of piperidine rings is 1. The van der Waals surface area contributed by atoms with E-state index in [0.717, 1.165) is 42.9 Å². The predicted octanol–water partition coefficient (Wildman–Crippen LogP) is 2.54.